The van der Waals surface area contributed by atoms with Gasteiger partial charge in [0.2, 0.25) is 0 Å². The molecule has 0 aromatic rings. The summed E-state index contributed by atoms with van der Waals surface area (Å²) < 4.78 is 74.7. The van der Waals surface area contributed by atoms with Gasteiger partial charge in [-0.1, -0.05) is 12.8 Å². The first-order valence-corrected chi connectivity index (χ1v) is 25.2. The van der Waals surface area contributed by atoms with Crippen molar-refractivity contribution >= 4 is 23.9 Å². The standard InChI is InChI=1S/2C24H46N2O10.Pt/c2*1-30-12-14-34-18-16-32-10-8-23(21(27)28,9-11-33-17-19-35-15-13-31-2)22(29)36-24(20(25)26)6-4-3-5-7-24;/h2*20H,3-19,25-26H2,1-2H3,(H,27,28);/q;;+2/p-2. The van der Waals surface area contributed by atoms with Crippen molar-refractivity contribution in [2.24, 2.45) is 33.8 Å². The Hall–Kier alpha value is -2.07. The molecule has 0 bridgehead atoms. The number of nitrogens with two attached hydrogens (primary N) is 4. The van der Waals surface area contributed by atoms with Crippen LogP contribution in [-0.2, 0) is 107 Å². The molecule has 8 N–H and O–H groups in total. The van der Waals surface area contributed by atoms with E-state index in [2.05, 4.69) is 0 Å². The van der Waals surface area contributed by atoms with E-state index < -0.39 is 58.2 Å². The maximum Gasteiger partial charge on any atom is 2.00 e. The second-order valence-electron chi connectivity index (χ2n) is 17.7. The van der Waals surface area contributed by atoms with Crippen molar-refractivity contribution in [3.8, 4) is 0 Å². The normalized spacial score (nSPS) is 15.6. The Morgan fingerprint density at radius 1 is 0.384 bits per heavy atom. The van der Waals surface area contributed by atoms with Crippen LogP contribution < -0.4 is 33.1 Å². The first kappa shape index (κ1) is 70.9. The van der Waals surface area contributed by atoms with Crippen molar-refractivity contribution in [3.63, 3.8) is 0 Å². The van der Waals surface area contributed by atoms with Crippen molar-refractivity contribution in [2.45, 2.75) is 113 Å². The van der Waals surface area contributed by atoms with E-state index in [1.165, 1.54) is 0 Å². The number of rotatable bonds is 44. The van der Waals surface area contributed by atoms with Gasteiger partial charge in [0.15, 0.2) is 0 Å². The van der Waals surface area contributed by atoms with E-state index in [1.807, 2.05) is 0 Å². The first-order chi connectivity index (χ1) is 34.7. The summed E-state index contributed by atoms with van der Waals surface area (Å²) in [7, 11) is 6.30. The minimum atomic E-state index is -1.98. The van der Waals surface area contributed by atoms with Crippen LogP contribution in [0.1, 0.15) is 89.9 Å². The summed E-state index contributed by atoms with van der Waals surface area (Å²) in [5.41, 5.74) is 17.8. The van der Waals surface area contributed by atoms with E-state index in [0.29, 0.717) is 105 Å². The van der Waals surface area contributed by atoms with Gasteiger partial charge in [-0.2, -0.15) is 0 Å². The summed E-state index contributed by atoms with van der Waals surface area (Å²) in [4.78, 5) is 51.6. The van der Waals surface area contributed by atoms with Crippen LogP contribution in [0.2, 0.25) is 0 Å². The van der Waals surface area contributed by atoms with E-state index in [-0.39, 0.29) is 99.6 Å². The van der Waals surface area contributed by atoms with Gasteiger partial charge in [0.05, 0.1) is 130 Å². The van der Waals surface area contributed by atoms with Crippen LogP contribution in [0.25, 0.3) is 0 Å². The van der Waals surface area contributed by atoms with E-state index in [0.717, 1.165) is 38.5 Å². The Kier molecular flexibility index (Phi) is 41.8. The van der Waals surface area contributed by atoms with Gasteiger partial charge in [-0.25, -0.2) is 0 Å². The molecule has 0 aliphatic heterocycles. The van der Waals surface area contributed by atoms with Gasteiger partial charge in [-0.15, -0.1) is 0 Å². The number of carboxylic acids is 2. The fourth-order valence-electron chi connectivity index (χ4n) is 7.95. The molecule has 0 amide bonds. The van der Waals surface area contributed by atoms with Crippen molar-refractivity contribution in [2.75, 3.05) is 161 Å². The Morgan fingerprint density at radius 2 is 0.589 bits per heavy atom. The Morgan fingerprint density at radius 3 is 0.781 bits per heavy atom. The second-order valence-corrected chi connectivity index (χ2v) is 17.7. The maximum atomic E-state index is 13.4. The van der Waals surface area contributed by atoms with Crippen LogP contribution in [-0.4, -0.2) is 208 Å². The average Bonchev–Trinajstić information content (AvgIpc) is 3.36. The van der Waals surface area contributed by atoms with Crippen molar-refractivity contribution < 1.29 is 117 Å². The molecule has 2 saturated carbocycles. The molecule has 0 atom stereocenters. The fraction of sp³-hybridized carbons (Fsp3) is 0.917. The SMILES string of the molecule is COCCOCCOCCC(CCOCCOCCOC)(C(=O)[O-])C(=O)OC1(C(N)N)CCCCC1.COCCOCCOCCC(CCOCCOCCOC)(C(=O)[O-])C(=O)OC1(C(N)N)CCCCC1.[Pt+2]. The first-order valence-electron chi connectivity index (χ1n) is 25.2. The molecule has 2 aliphatic carbocycles. The molecular formula is C48H90N4O20Pt. The number of hydrogen-bond donors (Lipinski definition) is 4. The zero-order valence-corrected chi connectivity index (χ0v) is 46.3. The number of ether oxygens (including phenoxy) is 14. The van der Waals surface area contributed by atoms with Crippen LogP contribution >= 0.6 is 0 Å². The molecule has 2 fully saturated rings. The van der Waals surface area contributed by atoms with Crippen molar-refractivity contribution in [1.82, 2.24) is 0 Å². The minimum Gasteiger partial charge on any atom is -0.549 e. The molecule has 2 aliphatic rings. The molecule has 24 nitrogen and oxygen atoms in total. The van der Waals surface area contributed by atoms with E-state index in [1.54, 1.807) is 28.4 Å². The summed E-state index contributed by atoms with van der Waals surface area (Å²) in [5.74, 6) is -4.96. The Bertz CT molecular complexity index is 1270. The summed E-state index contributed by atoms with van der Waals surface area (Å²) in [6, 6.07) is 0. The van der Waals surface area contributed by atoms with Crippen molar-refractivity contribution in [1.29, 1.82) is 0 Å². The summed E-state index contributed by atoms with van der Waals surface area (Å²) in [6.07, 6.45) is 4.51. The summed E-state index contributed by atoms with van der Waals surface area (Å²) >= 11 is 0. The number of esters is 2. The Labute approximate surface area is 446 Å². The predicted octanol–water partition coefficient (Wildman–Crippen LogP) is -1.30. The molecule has 0 unspecified atom stereocenters. The molecule has 0 radical (unpaired) electrons. The third kappa shape index (κ3) is 27.7. The van der Waals surface area contributed by atoms with Gasteiger partial charge in [0, 0.05) is 54.9 Å². The number of aliphatic carboxylic acids is 2. The van der Waals surface area contributed by atoms with Crippen molar-refractivity contribution in [3.05, 3.63) is 0 Å². The van der Waals surface area contributed by atoms with Crippen LogP contribution in [0.15, 0.2) is 0 Å². The molecule has 2 rings (SSSR count). The molecule has 0 spiro atoms. The second kappa shape index (κ2) is 43.0. The average molecular weight is 1240 g/mol. The molecule has 432 valence electrons. The number of carboxylic acid groups (broad SMARTS) is 2. The summed E-state index contributed by atoms with van der Waals surface area (Å²) in [6.45, 7) is 5.62. The fourth-order valence-corrected chi connectivity index (χ4v) is 7.95. The zero-order chi connectivity index (χ0) is 53.4. The van der Waals surface area contributed by atoms with Gasteiger partial charge in [0.1, 0.15) is 22.0 Å². The molecule has 0 heterocycles. The quantitative estimate of drug-likeness (QED) is 0.0238. The third-order valence-corrected chi connectivity index (χ3v) is 12.7. The third-order valence-electron chi connectivity index (χ3n) is 12.7. The minimum absolute atomic E-state index is 0. The molecule has 0 aromatic heterocycles. The van der Waals surface area contributed by atoms with Crippen LogP contribution in [0.5, 0.6) is 0 Å². The van der Waals surface area contributed by atoms with Gasteiger partial charge in [-0.05, 0) is 77.0 Å². The van der Waals surface area contributed by atoms with Crippen LogP contribution in [0.3, 0.4) is 0 Å². The number of carbonyl (C=O) groups is 4. The molecule has 0 aromatic carbocycles. The number of hydrogen-bond acceptors (Lipinski definition) is 24. The van der Waals surface area contributed by atoms with E-state index in [9.17, 15) is 29.4 Å². The molecule has 73 heavy (non-hydrogen) atoms. The number of carbonyl (C=O) groups excluding carboxylic acids is 4. The molecule has 0 saturated heterocycles. The Balaban J connectivity index is 0.00000140. The van der Waals surface area contributed by atoms with Crippen LogP contribution in [0.4, 0.5) is 0 Å². The van der Waals surface area contributed by atoms with Crippen LogP contribution in [0, 0.1) is 10.8 Å². The van der Waals surface area contributed by atoms with Gasteiger partial charge >= 0.3 is 33.0 Å². The van der Waals surface area contributed by atoms with Gasteiger partial charge in [0.25, 0.3) is 0 Å². The van der Waals surface area contributed by atoms with Gasteiger partial charge in [-0.3, -0.25) is 9.59 Å². The zero-order valence-electron chi connectivity index (χ0n) is 44.0. The monoisotopic (exact) mass is 1240 g/mol. The van der Waals surface area contributed by atoms with E-state index in [4.69, 9.17) is 89.3 Å². The number of methoxy groups -OCH3 is 4. The largest absolute Gasteiger partial charge is 2.00 e. The molecular weight excluding hydrogens is 1150 g/mol. The van der Waals surface area contributed by atoms with Gasteiger partial charge < -0.3 is 109 Å². The maximum absolute atomic E-state index is 13.4. The smallest absolute Gasteiger partial charge is 0.549 e. The topological polar surface area (TPSA) is 348 Å². The summed E-state index contributed by atoms with van der Waals surface area (Å²) in [5, 5.41) is 24.8. The predicted molar refractivity (Wildman–Crippen MR) is 256 cm³/mol. The molecule has 25 heteroatoms. The van der Waals surface area contributed by atoms with E-state index >= 15 is 0 Å².